The molecule has 1 aromatic heterocycles. The number of nitrogens with zero attached hydrogens (tertiary/aromatic N) is 3. The van der Waals surface area contributed by atoms with Crippen LogP contribution in [0.5, 0.6) is 0 Å². The number of pyridine rings is 1. The Morgan fingerprint density at radius 1 is 0.967 bits per heavy atom. The fourth-order valence-electron chi connectivity index (χ4n) is 3.22. The minimum Gasteiger partial charge on any atom is -0.287 e. The van der Waals surface area contributed by atoms with Crippen LogP contribution in [-0.2, 0) is 22.7 Å². The molecule has 30 heavy (non-hydrogen) atoms. The molecule has 1 aliphatic heterocycles. The molecule has 0 saturated heterocycles. The first-order chi connectivity index (χ1) is 14.2. The maximum Gasteiger partial charge on any atom is 0.416 e. The van der Waals surface area contributed by atoms with Gasteiger partial charge in [0, 0.05) is 6.20 Å². The van der Waals surface area contributed by atoms with Gasteiger partial charge in [-0.05, 0) is 42.0 Å². The highest BCUT2D eigenvalue weighted by molar-refractivity contribution is 7.94. The van der Waals surface area contributed by atoms with Gasteiger partial charge in [-0.25, -0.2) is 13.2 Å². The Balaban J connectivity index is 1.83. The molecule has 4 rings (SSSR count). The van der Waals surface area contributed by atoms with Crippen LogP contribution >= 0.6 is 0 Å². The Labute approximate surface area is 170 Å². The molecule has 0 N–H and O–H groups in total. The average Bonchev–Trinajstić information content (AvgIpc) is 2.71. The number of amides is 2. The maximum atomic E-state index is 13.2. The highest BCUT2D eigenvalue weighted by Gasteiger charge is 2.42. The predicted molar refractivity (Wildman–Crippen MR) is 103 cm³/mol. The van der Waals surface area contributed by atoms with Crippen LogP contribution in [-0.4, -0.2) is 19.4 Å². The molecule has 0 atom stereocenters. The van der Waals surface area contributed by atoms with E-state index in [0.717, 1.165) is 17.0 Å². The summed E-state index contributed by atoms with van der Waals surface area (Å²) in [6, 6.07) is 12.4. The van der Waals surface area contributed by atoms with Crippen LogP contribution in [0.2, 0.25) is 0 Å². The van der Waals surface area contributed by atoms with E-state index >= 15 is 0 Å². The maximum absolute atomic E-state index is 13.2. The summed E-state index contributed by atoms with van der Waals surface area (Å²) >= 11 is 0. The first-order valence-electron chi connectivity index (χ1n) is 8.71. The van der Waals surface area contributed by atoms with Gasteiger partial charge in [0.15, 0.2) is 0 Å². The fraction of sp³-hybridized carbons (Fsp3) is 0.100. The summed E-state index contributed by atoms with van der Waals surface area (Å²) in [6.07, 6.45) is -1.88. The van der Waals surface area contributed by atoms with Crippen LogP contribution < -0.4 is 9.21 Å². The van der Waals surface area contributed by atoms with E-state index in [9.17, 15) is 26.4 Å². The van der Waals surface area contributed by atoms with Crippen LogP contribution in [0.3, 0.4) is 0 Å². The van der Waals surface area contributed by atoms with Crippen molar-refractivity contribution in [2.75, 3.05) is 9.21 Å². The van der Waals surface area contributed by atoms with Crippen molar-refractivity contribution in [1.82, 2.24) is 4.98 Å². The molecular formula is C20H14F3N3O3S. The summed E-state index contributed by atoms with van der Waals surface area (Å²) in [5, 5.41) is 0. The van der Waals surface area contributed by atoms with E-state index in [0.29, 0.717) is 4.31 Å². The molecule has 2 heterocycles. The normalized spacial score (nSPS) is 15.8. The molecular weight excluding hydrogens is 419 g/mol. The van der Waals surface area contributed by atoms with Crippen molar-refractivity contribution in [1.29, 1.82) is 0 Å². The molecule has 0 unspecified atom stereocenters. The smallest absolute Gasteiger partial charge is 0.287 e. The standard InChI is InChI=1S/C20H14F3N3O3S/c21-20(22,23)15-6-3-5-14(11-15)13-25-17-8-1-2-9-18(17)30(28,29)26(19(25)27)16-7-4-10-24-12-16/h1-12H,13H2. The third-order valence-corrected chi connectivity index (χ3v) is 6.30. The lowest BCUT2D eigenvalue weighted by molar-refractivity contribution is -0.137. The number of hydrogen-bond acceptors (Lipinski definition) is 4. The Morgan fingerprint density at radius 2 is 1.73 bits per heavy atom. The molecule has 0 saturated carbocycles. The summed E-state index contributed by atoms with van der Waals surface area (Å²) in [7, 11) is -4.22. The lowest BCUT2D eigenvalue weighted by Gasteiger charge is -2.36. The molecule has 10 heteroatoms. The number of benzene rings is 2. The van der Waals surface area contributed by atoms with E-state index in [-0.39, 0.29) is 28.4 Å². The second-order valence-electron chi connectivity index (χ2n) is 6.52. The van der Waals surface area contributed by atoms with Crippen LogP contribution in [0.15, 0.2) is 78.0 Å². The van der Waals surface area contributed by atoms with Gasteiger partial charge in [0.2, 0.25) is 0 Å². The quantitative estimate of drug-likeness (QED) is 0.613. The number of alkyl halides is 3. The summed E-state index contributed by atoms with van der Waals surface area (Å²) in [5.74, 6) is 0. The van der Waals surface area contributed by atoms with Gasteiger partial charge in [0.25, 0.3) is 10.0 Å². The zero-order valence-electron chi connectivity index (χ0n) is 15.2. The molecule has 154 valence electrons. The highest BCUT2D eigenvalue weighted by atomic mass is 32.2. The Bertz CT molecular complexity index is 1210. The van der Waals surface area contributed by atoms with Crippen molar-refractivity contribution in [3.8, 4) is 0 Å². The van der Waals surface area contributed by atoms with Crippen LogP contribution in [0, 0.1) is 0 Å². The van der Waals surface area contributed by atoms with Gasteiger partial charge in [0.05, 0.1) is 29.7 Å². The number of carbonyl (C=O) groups is 1. The second-order valence-corrected chi connectivity index (χ2v) is 8.27. The zero-order valence-corrected chi connectivity index (χ0v) is 16.1. The molecule has 6 nitrogen and oxygen atoms in total. The number of urea groups is 1. The molecule has 0 aliphatic carbocycles. The monoisotopic (exact) mass is 433 g/mol. The van der Waals surface area contributed by atoms with E-state index in [1.807, 2.05) is 0 Å². The number of para-hydroxylation sites is 1. The van der Waals surface area contributed by atoms with Gasteiger partial charge < -0.3 is 0 Å². The average molecular weight is 433 g/mol. The van der Waals surface area contributed by atoms with Crippen molar-refractivity contribution < 1.29 is 26.4 Å². The molecule has 2 amide bonds. The number of hydrogen-bond donors (Lipinski definition) is 0. The van der Waals surface area contributed by atoms with Crippen LogP contribution in [0.25, 0.3) is 0 Å². The van der Waals surface area contributed by atoms with Crippen LogP contribution in [0.1, 0.15) is 11.1 Å². The Morgan fingerprint density at radius 3 is 2.43 bits per heavy atom. The molecule has 2 aromatic carbocycles. The van der Waals surface area contributed by atoms with E-state index in [1.54, 1.807) is 6.07 Å². The lowest BCUT2D eigenvalue weighted by Crippen LogP contribution is -2.50. The third kappa shape index (κ3) is 3.39. The van der Waals surface area contributed by atoms with Crippen molar-refractivity contribution in [2.45, 2.75) is 17.6 Å². The zero-order chi connectivity index (χ0) is 21.5. The first-order valence-corrected chi connectivity index (χ1v) is 10.2. The number of halogens is 3. The molecule has 1 aliphatic rings. The summed E-state index contributed by atoms with van der Waals surface area (Å²) in [5.41, 5.74) is -0.515. The first kappa shape index (κ1) is 19.9. The Hall–Kier alpha value is -3.40. The Kier molecular flexibility index (Phi) is 4.73. The molecule has 0 radical (unpaired) electrons. The summed E-state index contributed by atoms with van der Waals surface area (Å²) in [4.78, 5) is 18.1. The SMILES string of the molecule is O=C1N(Cc2cccc(C(F)(F)F)c2)c2ccccc2S(=O)(=O)N1c1cccnc1. The topological polar surface area (TPSA) is 70.6 Å². The van der Waals surface area contributed by atoms with E-state index in [1.165, 1.54) is 54.9 Å². The number of sulfonamides is 1. The van der Waals surface area contributed by atoms with Gasteiger partial charge >= 0.3 is 12.2 Å². The van der Waals surface area contributed by atoms with Gasteiger partial charge in [0.1, 0.15) is 4.90 Å². The molecule has 0 bridgehead atoms. The van der Waals surface area contributed by atoms with Gasteiger partial charge in [-0.15, -0.1) is 0 Å². The van der Waals surface area contributed by atoms with E-state index in [2.05, 4.69) is 4.98 Å². The number of aromatic nitrogens is 1. The van der Waals surface area contributed by atoms with Gasteiger partial charge in [-0.2, -0.15) is 17.5 Å². The van der Waals surface area contributed by atoms with Crippen LogP contribution in [0.4, 0.5) is 29.3 Å². The number of carbonyl (C=O) groups excluding carboxylic acids is 1. The minimum atomic E-state index is -4.54. The van der Waals surface area contributed by atoms with Crippen molar-refractivity contribution >= 4 is 27.4 Å². The predicted octanol–water partition coefficient (Wildman–Crippen LogP) is 4.44. The third-order valence-electron chi connectivity index (χ3n) is 4.55. The van der Waals surface area contributed by atoms with Gasteiger partial charge in [-0.3, -0.25) is 9.88 Å². The van der Waals surface area contributed by atoms with Gasteiger partial charge in [-0.1, -0.05) is 24.3 Å². The molecule has 3 aromatic rings. The second kappa shape index (κ2) is 7.13. The largest absolute Gasteiger partial charge is 0.416 e. The highest BCUT2D eigenvalue weighted by Crippen LogP contribution is 2.38. The number of anilines is 2. The summed E-state index contributed by atoms with van der Waals surface area (Å²) in [6.45, 7) is -0.244. The van der Waals surface area contributed by atoms with Crippen molar-refractivity contribution in [2.24, 2.45) is 0 Å². The number of fused-ring (bicyclic) bond motifs is 1. The van der Waals surface area contributed by atoms with E-state index < -0.39 is 27.8 Å². The van der Waals surface area contributed by atoms with Crippen molar-refractivity contribution in [3.05, 3.63) is 84.2 Å². The van der Waals surface area contributed by atoms with Crippen molar-refractivity contribution in [3.63, 3.8) is 0 Å². The fourth-order valence-corrected chi connectivity index (χ4v) is 4.80. The number of rotatable bonds is 3. The van der Waals surface area contributed by atoms with E-state index in [4.69, 9.17) is 0 Å². The molecule has 0 spiro atoms. The summed E-state index contributed by atoms with van der Waals surface area (Å²) < 4.78 is 66.0. The minimum absolute atomic E-state index is 0.0334. The molecule has 0 fully saturated rings. The lowest BCUT2D eigenvalue weighted by atomic mass is 10.1.